The normalized spacial score (nSPS) is 14.9. The second-order valence-corrected chi connectivity index (χ2v) is 10.3. The molecule has 1 atom stereocenters. The number of hydrogen-bond acceptors (Lipinski definition) is 4. The van der Waals surface area contributed by atoms with E-state index in [2.05, 4.69) is 11.8 Å². The summed E-state index contributed by atoms with van der Waals surface area (Å²) in [5.74, 6) is 5.93. The van der Waals surface area contributed by atoms with Gasteiger partial charge in [-0.05, 0) is 75.8 Å². The van der Waals surface area contributed by atoms with Crippen LogP contribution in [0.2, 0.25) is 5.02 Å². The molecule has 6 heteroatoms. The Morgan fingerprint density at radius 2 is 1.97 bits per heavy atom. The minimum atomic E-state index is -1.11. The largest absolute Gasteiger partial charge is 0.479 e. The third kappa shape index (κ3) is 4.93. The van der Waals surface area contributed by atoms with E-state index < -0.39 is 17.7 Å². The van der Waals surface area contributed by atoms with Crippen molar-refractivity contribution in [1.82, 2.24) is 4.98 Å². The number of aliphatic carboxylic acids is 1. The molecule has 2 aromatic carbocycles. The van der Waals surface area contributed by atoms with E-state index in [1.54, 1.807) is 0 Å². The number of aromatic nitrogens is 1. The predicted molar refractivity (Wildman–Crippen MR) is 126 cm³/mol. The maximum Gasteiger partial charge on any atom is 0.337 e. The number of thiazole rings is 1. The number of aryl methyl sites for hydroxylation is 1. The first-order valence-electron chi connectivity index (χ1n) is 10.2. The van der Waals surface area contributed by atoms with E-state index in [0.29, 0.717) is 16.5 Å². The lowest BCUT2D eigenvalue weighted by Gasteiger charge is -2.28. The van der Waals surface area contributed by atoms with Crippen molar-refractivity contribution in [1.29, 1.82) is 0 Å². The molecular formula is C25H24ClNO3S. The van der Waals surface area contributed by atoms with Crippen molar-refractivity contribution in [3.8, 4) is 23.0 Å². The van der Waals surface area contributed by atoms with Crippen LogP contribution in [-0.2, 0) is 9.53 Å². The number of halogens is 1. The van der Waals surface area contributed by atoms with Crippen LogP contribution in [0, 0.1) is 24.7 Å². The van der Waals surface area contributed by atoms with Gasteiger partial charge in [0.15, 0.2) is 11.1 Å². The van der Waals surface area contributed by atoms with Crippen LogP contribution in [0.3, 0.4) is 0 Å². The zero-order valence-corrected chi connectivity index (χ0v) is 19.5. The van der Waals surface area contributed by atoms with Gasteiger partial charge in [0, 0.05) is 22.1 Å². The molecule has 0 radical (unpaired) electrons. The summed E-state index contributed by atoms with van der Waals surface area (Å²) in [5, 5.41) is 11.4. The fourth-order valence-electron chi connectivity index (χ4n) is 3.48. The van der Waals surface area contributed by atoms with E-state index in [4.69, 9.17) is 21.3 Å². The Morgan fingerprint density at radius 3 is 2.55 bits per heavy atom. The maximum atomic E-state index is 12.3. The number of rotatable bonds is 4. The average Bonchev–Trinajstić information content (AvgIpc) is 3.42. The molecule has 1 N–H and O–H groups in total. The van der Waals surface area contributed by atoms with Crippen LogP contribution in [0.25, 0.3) is 21.3 Å². The van der Waals surface area contributed by atoms with Gasteiger partial charge in [-0.15, -0.1) is 11.3 Å². The first-order chi connectivity index (χ1) is 14.6. The molecule has 160 valence electrons. The molecule has 0 saturated heterocycles. The number of benzene rings is 2. The fraction of sp³-hybridized carbons (Fsp3) is 0.360. The van der Waals surface area contributed by atoms with Gasteiger partial charge in [0.2, 0.25) is 0 Å². The number of ether oxygens (including phenoxy) is 1. The summed E-state index contributed by atoms with van der Waals surface area (Å²) >= 11 is 7.62. The molecule has 1 aromatic heterocycles. The Hall–Kier alpha value is -2.39. The monoisotopic (exact) mass is 453 g/mol. The van der Waals surface area contributed by atoms with Crippen LogP contribution >= 0.6 is 22.9 Å². The molecular weight excluding hydrogens is 430 g/mol. The topological polar surface area (TPSA) is 59.4 Å². The van der Waals surface area contributed by atoms with Gasteiger partial charge in [-0.1, -0.05) is 29.7 Å². The molecule has 0 amide bonds. The smallest absolute Gasteiger partial charge is 0.337 e. The summed E-state index contributed by atoms with van der Waals surface area (Å²) in [7, 11) is 0. The molecule has 1 fully saturated rings. The van der Waals surface area contributed by atoms with Crippen LogP contribution in [-0.4, -0.2) is 21.7 Å². The molecule has 0 spiro atoms. The minimum absolute atomic E-state index is 0.483. The molecule has 0 aliphatic heterocycles. The summed E-state index contributed by atoms with van der Waals surface area (Å²) in [4.78, 5) is 17.0. The second kappa shape index (κ2) is 8.27. The number of carboxylic acids is 1. The summed E-state index contributed by atoms with van der Waals surface area (Å²) in [5.41, 5.74) is 3.35. The van der Waals surface area contributed by atoms with E-state index in [1.165, 1.54) is 11.3 Å². The summed E-state index contributed by atoms with van der Waals surface area (Å²) < 4.78 is 6.93. The average molecular weight is 454 g/mol. The van der Waals surface area contributed by atoms with Crippen molar-refractivity contribution in [2.75, 3.05) is 0 Å². The number of carbonyl (C=O) groups is 1. The van der Waals surface area contributed by atoms with Crippen LogP contribution in [0.15, 0.2) is 30.3 Å². The van der Waals surface area contributed by atoms with Crippen molar-refractivity contribution >= 4 is 39.1 Å². The lowest BCUT2D eigenvalue weighted by atomic mass is 9.91. The molecule has 1 heterocycles. The maximum absolute atomic E-state index is 12.3. The van der Waals surface area contributed by atoms with Gasteiger partial charge in [-0.2, -0.15) is 0 Å². The summed E-state index contributed by atoms with van der Waals surface area (Å²) in [6, 6.07) is 9.37. The number of hydrogen-bond donors (Lipinski definition) is 1. The Labute approximate surface area is 191 Å². The zero-order chi connectivity index (χ0) is 22.3. The zero-order valence-electron chi connectivity index (χ0n) is 18.0. The molecule has 4 rings (SSSR count). The number of carboxylic acid groups (broad SMARTS) is 1. The highest BCUT2D eigenvalue weighted by molar-refractivity contribution is 7.19. The molecule has 0 unspecified atom stereocenters. The van der Waals surface area contributed by atoms with Crippen LogP contribution < -0.4 is 0 Å². The van der Waals surface area contributed by atoms with Crippen LogP contribution in [0.4, 0.5) is 0 Å². The van der Waals surface area contributed by atoms with E-state index in [1.807, 2.05) is 58.0 Å². The Balaban J connectivity index is 1.98. The SMILES string of the molecule is Cc1cc2nc(C#CC3CC3)sc2c(-c2ccc(Cl)cc2)c1[C@H](OC(C)(C)C)C(=O)O. The van der Waals surface area contributed by atoms with Gasteiger partial charge < -0.3 is 9.84 Å². The van der Waals surface area contributed by atoms with E-state index in [9.17, 15) is 9.90 Å². The van der Waals surface area contributed by atoms with Crippen molar-refractivity contribution in [2.24, 2.45) is 5.92 Å². The van der Waals surface area contributed by atoms with Crippen molar-refractivity contribution < 1.29 is 14.6 Å². The quantitative estimate of drug-likeness (QED) is 0.450. The predicted octanol–water partition coefficient (Wildman–Crippen LogP) is 6.63. The lowest BCUT2D eigenvalue weighted by molar-refractivity contribution is -0.160. The Morgan fingerprint density at radius 1 is 1.29 bits per heavy atom. The Bertz CT molecular complexity index is 1210. The van der Waals surface area contributed by atoms with Crippen LogP contribution in [0.5, 0.6) is 0 Å². The number of nitrogens with zero attached hydrogens (tertiary/aromatic N) is 1. The molecule has 0 bridgehead atoms. The summed E-state index contributed by atoms with van der Waals surface area (Å²) in [6.07, 6.45) is 1.20. The van der Waals surface area contributed by atoms with Gasteiger partial charge in [0.05, 0.1) is 15.8 Å². The van der Waals surface area contributed by atoms with E-state index >= 15 is 0 Å². The lowest BCUT2D eigenvalue weighted by Crippen LogP contribution is -2.28. The van der Waals surface area contributed by atoms with E-state index in [-0.39, 0.29) is 0 Å². The van der Waals surface area contributed by atoms with Gasteiger partial charge in [0.25, 0.3) is 0 Å². The third-order valence-electron chi connectivity index (χ3n) is 4.98. The summed E-state index contributed by atoms with van der Waals surface area (Å²) in [6.45, 7) is 7.48. The second-order valence-electron chi connectivity index (χ2n) is 8.85. The van der Waals surface area contributed by atoms with Crippen molar-refractivity contribution in [2.45, 2.75) is 52.2 Å². The standard InChI is InChI=1S/C25H24ClNO3S/c1-14-13-18-23(31-19(27-18)12-7-15-5-6-15)21(16-8-10-17(26)11-9-16)20(14)22(24(28)29)30-25(2,3)4/h8-11,13,15,22H,5-6H2,1-4H3,(H,28,29)/t22-/m0/s1. The minimum Gasteiger partial charge on any atom is -0.479 e. The highest BCUT2D eigenvalue weighted by atomic mass is 35.5. The first kappa shape index (κ1) is 21.8. The Kier molecular flexibility index (Phi) is 5.83. The molecule has 4 nitrogen and oxygen atoms in total. The highest BCUT2D eigenvalue weighted by Crippen LogP contribution is 2.42. The highest BCUT2D eigenvalue weighted by Gasteiger charge is 2.32. The van der Waals surface area contributed by atoms with Gasteiger partial charge >= 0.3 is 5.97 Å². The van der Waals surface area contributed by atoms with Gasteiger partial charge in [0.1, 0.15) is 0 Å². The fourth-order valence-corrected chi connectivity index (χ4v) is 4.60. The molecule has 31 heavy (non-hydrogen) atoms. The molecule has 1 saturated carbocycles. The van der Waals surface area contributed by atoms with Gasteiger partial charge in [-0.3, -0.25) is 0 Å². The first-order valence-corrected chi connectivity index (χ1v) is 11.4. The van der Waals surface area contributed by atoms with E-state index in [0.717, 1.165) is 44.8 Å². The van der Waals surface area contributed by atoms with Gasteiger partial charge in [-0.25, -0.2) is 9.78 Å². The molecule has 1 aliphatic rings. The van der Waals surface area contributed by atoms with Crippen LogP contribution in [0.1, 0.15) is 55.9 Å². The van der Waals surface area contributed by atoms with Crippen molar-refractivity contribution in [3.63, 3.8) is 0 Å². The molecule has 1 aliphatic carbocycles. The molecule has 3 aromatic rings. The third-order valence-corrected chi connectivity index (χ3v) is 6.24. The van der Waals surface area contributed by atoms with Crippen molar-refractivity contribution in [3.05, 3.63) is 51.5 Å². The number of fused-ring (bicyclic) bond motifs is 1.